The summed E-state index contributed by atoms with van der Waals surface area (Å²) < 4.78 is 39.3. The molecule has 8 heteroatoms. The predicted molar refractivity (Wildman–Crippen MR) is 93.4 cm³/mol. The number of halogens is 2. The lowest BCUT2D eigenvalue weighted by molar-refractivity contribution is -0.224. The van der Waals surface area contributed by atoms with Crippen molar-refractivity contribution in [2.45, 2.75) is 50.9 Å². The number of carbonyl (C=O) groups excluding carboxylic acids is 2. The van der Waals surface area contributed by atoms with E-state index < -0.39 is 35.8 Å². The Labute approximate surface area is 157 Å². The van der Waals surface area contributed by atoms with E-state index >= 15 is 0 Å². The second kappa shape index (κ2) is 6.65. The highest BCUT2D eigenvalue weighted by Crippen LogP contribution is 2.50. The van der Waals surface area contributed by atoms with Crippen molar-refractivity contribution in [3.05, 3.63) is 35.9 Å². The van der Waals surface area contributed by atoms with E-state index in [4.69, 9.17) is 9.47 Å². The van der Waals surface area contributed by atoms with Gasteiger partial charge in [0.05, 0.1) is 13.1 Å². The van der Waals surface area contributed by atoms with E-state index in [0.29, 0.717) is 0 Å². The minimum absolute atomic E-state index is 0.00754. The van der Waals surface area contributed by atoms with Crippen LogP contribution in [0.3, 0.4) is 0 Å². The molecule has 1 aromatic carbocycles. The zero-order valence-corrected chi connectivity index (χ0v) is 15.7. The lowest BCUT2D eigenvalue weighted by Gasteiger charge is -2.54. The second-order valence-electron chi connectivity index (χ2n) is 8.01. The van der Waals surface area contributed by atoms with Crippen LogP contribution in [0.5, 0.6) is 0 Å². The van der Waals surface area contributed by atoms with Crippen molar-refractivity contribution in [2.75, 3.05) is 19.6 Å². The van der Waals surface area contributed by atoms with Crippen LogP contribution in [0.2, 0.25) is 0 Å². The van der Waals surface area contributed by atoms with Gasteiger partial charge in [0.1, 0.15) is 17.7 Å². The molecule has 3 rings (SSSR count). The van der Waals surface area contributed by atoms with Gasteiger partial charge >= 0.3 is 12.2 Å². The molecule has 0 aromatic heterocycles. The van der Waals surface area contributed by atoms with Crippen molar-refractivity contribution >= 4 is 12.2 Å². The zero-order chi connectivity index (χ0) is 19.9. The fourth-order valence-corrected chi connectivity index (χ4v) is 3.43. The maximum atomic E-state index is 14.4. The van der Waals surface area contributed by atoms with Crippen molar-refractivity contribution in [1.29, 1.82) is 0 Å². The van der Waals surface area contributed by atoms with Gasteiger partial charge in [-0.05, 0) is 32.8 Å². The largest absolute Gasteiger partial charge is 0.445 e. The van der Waals surface area contributed by atoms with E-state index in [1.54, 1.807) is 45.0 Å². The molecule has 2 aliphatic heterocycles. The van der Waals surface area contributed by atoms with E-state index in [1.807, 2.05) is 6.07 Å². The molecular weight excluding hydrogens is 358 g/mol. The molecule has 1 aromatic rings. The monoisotopic (exact) mass is 382 g/mol. The van der Waals surface area contributed by atoms with Gasteiger partial charge < -0.3 is 14.4 Å². The van der Waals surface area contributed by atoms with Gasteiger partial charge in [-0.15, -0.1) is 0 Å². The Hall–Kier alpha value is -2.38. The number of ether oxygens (including phenoxy) is 2. The summed E-state index contributed by atoms with van der Waals surface area (Å²) in [5.41, 5.74) is -1.67. The van der Waals surface area contributed by atoms with E-state index in [0.717, 1.165) is 10.5 Å². The smallest absolute Gasteiger partial charge is 0.411 e. The Balaban J connectivity index is 1.66. The summed E-state index contributed by atoms with van der Waals surface area (Å²) in [6, 6.07) is 9.01. The Morgan fingerprint density at radius 2 is 1.78 bits per heavy atom. The molecule has 2 heterocycles. The summed E-state index contributed by atoms with van der Waals surface area (Å²) >= 11 is 0. The third-order valence-corrected chi connectivity index (χ3v) is 4.88. The van der Waals surface area contributed by atoms with E-state index in [9.17, 15) is 18.4 Å². The molecule has 0 saturated carbocycles. The molecule has 2 amide bonds. The lowest BCUT2D eigenvalue weighted by Crippen LogP contribution is -2.77. The lowest BCUT2D eigenvalue weighted by atomic mass is 9.80. The van der Waals surface area contributed by atoms with Crippen LogP contribution in [0.4, 0.5) is 18.4 Å². The molecule has 27 heavy (non-hydrogen) atoms. The highest BCUT2D eigenvalue weighted by atomic mass is 19.3. The molecule has 2 aliphatic rings. The first-order valence-electron chi connectivity index (χ1n) is 8.88. The molecule has 0 bridgehead atoms. The number of hydrogen-bond acceptors (Lipinski definition) is 4. The summed E-state index contributed by atoms with van der Waals surface area (Å²) in [4.78, 5) is 26.9. The summed E-state index contributed by atoms with van der Waals surface area (Å²) in [5, 5.41) is 0. The van der Waals surface area contributed by atoms with Crippen molar-refractivity contribution in [3.63, 3.8) is 0 Å². The van der Waals surface area contributed by atoms with Gasteiger partial charge in [0.2, 0.25) is 0 Å². The molecule has 0 radical (unpaired) electrons. The number of hydrogen-bond donors (Lipinski definition) is 0. The Morgan fingerprint density at radius 3 is 2.37 bits per heavy atom. The summed E-state index contributed by atoms with van der Waals surface area (Å²) in [7, 11) is 0. The molecule has 0 unspecified atom stereocenters. The third-order valence-electron chi connectivity index (χ3n) is 4.88. The maximum Gasteiger partial charge on any atom is 0.411 e. The van der Waals surface area contributed by atoms with Crippen LogP contribution in [-0.2, 0) is 16.1 Å². The third kappa shape index (κ3) is 3.70. The Bertz CT molecular complexity index is 720. The number of amides is 2. The van der Waals surface area contributed by atoms with Crippen molar-refractivity contribution in [3.8, 4) is 0 Å². The van der Waals surface area contributed by atoms with Gasteiger partial charge in [-0.25, -0.2) is 18.4 Å². The minimum atomic E-state index is -3.07. The predicted octanol–water partition coefficient (Wildman–Crippen LogP) is 3.65. The highest BCUT2D eigenvalue weighted by Gasteiger charge is 2.72. The van der Waals surface area contributed by atoms with Gasteiger partial charge in [-0.1, -0.05) is 30.3 Å². The Kier molecular flexibility index (Phi) is 4.78. The molecule has 148 valence electrons. The first kappa shape index (κ1) is 19.4. The first-order valence-corrected chi connectivity index (χ1v) is 8.88. The molecule has 1 atom stereocenters. The molecule has 2 fully saturated rings. The van der Waals surface area contributed by atoms with Gasteiger partial charge in [0.25, 0.3) is 5.92 Å². The van der Waals surface area contributed by atoms with Crippen LogP contribution >= 0.6 is 0 Å². The zero-order valence-electron chi connectivity index (χ0n) is 15.7. The minimum Gasteiger partial charge on any atom is -0.445 e. The van der Waals surface area contributed by atoms with Crippen LogP contribution in [0, 0.1) is 0 Å². The fourth-order valence-electron chi connectivity index (χ4n) is 3.43. The standard InChI is InChI=1S/C19H24F2N2O4/c1-17(2,3)27-15(24)22-10-9-18(12-22)19(20,21)13-23(18)16(25)26-11-14-7-5-4-6-8-14/h4-8H,9-13H2,1-3H3/t18-/m1/s1. The number of benzene rings is 1. The Morgan fingerprint density at radius 1 is 1.11 bits per heavy atom. The fraction of sp³-hybridized carbons (Fsp3) is 0.579. The van der Waals surface area contributed by atoms with E-state index in [-0.39, 0.29) is 26.1 Å². The quantitative estimate of drug-likeness (QED) is 0.783. The molecule has 6 nitrogen and oxygen atoms in total. The summed E-state index contributed by atoms with van der Waals surface area (Å²) in [5.74, 6) is -3.07. The highest BCUT2D eigenvalue weighted by molar-refractivity contribution is 5.73. The van der Waals surface area contributed by atoms with Gasteiger partial charge in [-0.3, -0.25) is 4.90 Å². The molecule has 0 aliphatic carbocycles. The second-order valence-corrected chi connectivity index (χ2v) is 8.01. The van der Waals surface area contributed by atoms with Crippen LogP contribution in [-0.4, -0.2) is 58.7 Å². The van der Waals surface area contributed by atoms with Crippen molar-refractivity contribution < 1.29 is 27.8 Å². The van der Waals surface area contributed by atoms with Crippen LogP contribution in [0.25, 0.3) is 0 Å². The average Bonchev–Trinajstić information content (AvgIpc) is 3.06. The number of alkyl halides is 2. The number of likely N-dealkylation sites (tertiary alicyclic amines) is 2. The first-order chi connectivity index (χ1) is 12.5. The molecule has 1 spiro atoms. The van der Waals surface area contributed by atoms with E-state index in [2.05, 4.69) is 0 Å². The van der Waals surface area contributed by atoms with Gasteiger partial charge in [-0.2, -0.15) is 0 Å². The topological polar surface area (TPSA) is 59.1 Å². The number of nitrogens with zero attached hydrogens (tertiary/aromatic N) is 2. The van der Waals surface area contributed by atoms with E-state index in [1.165, 1.54) is 4.90 Å². The summed E-state index contributed by atoms with van der Waals surface area (Å²) in [6.45, 7) is 4.27. The van der Waals surface area contributed by atoms with Crippen molar-refractivity contribution in [2.24, 2.45) is 0 Å². The number of rotatable bonds is 2. The molecule has 2 saturated heterocycles. The summed E-state index contributed by atoms with van der Waals surface area (Å²) in [6.07, 6.45) is -1.46. The SMILES string of the molecule is CC(C)(C)OC(=O)N1CC[C@]2(C1)N(C(=O)OCc1ccccc1)CC2(F)F. The van der Waals surface area contributed by atoms with Crippen LogP contribution < -0.4 is 0 Å². The van der Waals surface area contributed by atoms with Crippen LogP contribution in [0.15, 0.2) is 30.3 Å². The normalized spacial score (nSPS) is 23.9. The van der Waals surface area contributed by atoms with Crippen LogP contribution in [0.1, 0.15) is 32.8 Å². The maximum absolute atomic E-state index is 14.4. The number of carbonyl (C=O) groups is 2. The molecular formula is C19H24F2N2O4. The molecule has 0 N–H and O–H groups in total. The van der Waals surface area contributed by atoms with Gasteiger partial charge in [0.15, 0.2) is 0 Å². The average molecular weight is 382 g/mol. The van der Waals surface area contributed by atoms with Gasteiger partial charge in [0, 0.05) is 6.54 Å². The van der Waals surface area contributed by atoms with Crippen molar-refractivity contribution in [1.82, 2.24) is 9.80 Å².